The fourth-order valence-corrected chi connectivity index (χ4v) is 3.97. The first-order chi connectivity index (χ1) is 9.72. The van der Waals surface area contributed by atoms with E-state index in [0.717, 1.165) is 44.2 Å². The molecule has 106 valence electrons. The van der Waals surface area contributed by atoms with Crippen molar-refractivity contribution in [1.29, 1.82) is 0 Å². The van der Waals surface area contributed by atoms with E-state index >= 15 is 0 Å². The SMILES string of the molecule is Nc1cccnc1N1CCN(Cc2ccc(Br)s2)CC1. The highest BCUT2D eigenvalue weighted by atomic mass is 79.9. The van der Waals surface area contributed by atoms with Gasteiger partial charge in [-0.05, 0) is 40.2 Å². The van der Waals surface area contributed by atoms with Crippen molar-refractivity contribution in [1.82, 2.24) is 9.88 Å². The van der Waals surface area contributed by atoms with E-state index in [1.54, 1.807) is 6.20 Å². The van der Waals surface area contributed by atoms with Crippen molar-refractivity contribution in [2.24, 2.45) is 0 Å². The Morgan fingerprint density at radius 3 is 2.65 bits per heavy atom. The van der Waals surface area contributed by atoms with E-state index in [4.69, 9.17) is 5.73 Å². The Morgan fingerprint density at radius 2 is 2.00 bits per heavy atom. The standard InChI is InChI=1S/C14H17BrN4S/c15-13-4-3-11(20-13)10-18-6-8-19(9-7-18)14-12(16)2-1-5-17-14/h1-5H,6-10,16H2. The Hall–Kier alpha value is -1.11. The zero-order valence-electron chi connectivity index (χ0n) is 11.1. The number of pyridine rings is 1. The topological polar surface area (TPSA) is 45.4 Å². The first-order valence-corrected chi connectivity index (χ1v) is 8.25. The van der Waals surface area contributed by atoms with E-state index in [2.05, 4.69) is 42.8 Å². The number of aromatic nitrogens is 1. The Balaban J connectivity index is 1.58. The maximum atomic E-state index is 5.99. The van der Waals surface area contributed by atoms with Crippen LogP contribution >= 0.6 is 27.3 Å². The van der Waals surface area contributed by atoms with E-state index in [-0.39, 0.29) is 0 Å². The molecule has 0 aromatic carbocycles. The number of nitrogens with two attached hydrogens (primary N) is 1. The molecule has 2 aromatic rings. The molecule has 4 nitrogen and oxygen atoms in total. The minimum Gasteiger partial charge on any atom is -0.396 e. The van der Waals surface area contributed by atoms with Crippen molar-refractivity contribution in [2.75, 3.05) is 36.8 Å². The van der Waals surface area contributed by atoms with Gasteiger partial charge >= 0.3 is 0 Å². The van der Waals surface area contributed by atoms with Crippen molar-refractivity contribution in [3.05, 3.63) is 39.1 Å². The predicted octanol–water partition coefficient (Wildman–Crippen LogP) is 2.81. The molecule has 6 heteroatoms. The number of rotatable bonds is 3. The molecule has 0 spiro atoms. The number of nitrogen functional groups attached to an aromatic ring is 1. The minimum atomic E-state index is 0.767. The normalized spacial score (nSPS) is 16.6. The molecule has 0 radical (unpaired) electrons. The summed E-state index contributed by atoms with van der Waals surface area (Å²) in [5.74, 6) is 0.922. The molecule has 1 fully saturated rings. The molecule has 0 bridgehead atoms. The molecule has 2 aromatic heterocycles. The molecule has 0 amide bonds. The van der Waals surface area contributed by atoms with Gasteiger partial charge in [-0.1, -0.05) is 0 Å². The van der Waals surface area contributed by atoms with Crippen molar-refractivity contribution in [3.8, 4) is 0 Å². The molecular weight excluding hydrogens is 336 g/mol. The third kappa shape index (κ3) is 3.13. The largest absolute Gasteiger partial charge is 0.396 e. The molecule has 20 heavy (non-hydrogen) atoms. The summed E-state index contributed by atoms with van der Waals surface area (Å²) >= 11 is 5.32. The molecule has 0 unspecified atom stereocenters. The molecule has 1 aliphatic heterocycles. The number of halogens is 1. The second-order valence-electron chi connectivity index (χ2n) is 4.89. The molecule has 1 saturated heterocycles. The number of piperazine rings is 1. The van der Waals surface area contributed by atoms with E-state index in [9.17, 15) is 0 Å². The van der Waals surface area contributed by atoms with Gasteiger partial charge in [-0.25, -0.2) is 4.98 Å². The first-order valence-electron chi connectivity index (χ1n) is 6.64. The molecule has 0 atom stereocenters. The van der Waals surface area contributed by atoms with Crippen LogP contribution < -0.4 is 10.6 Å². The highest BCUT2D eigenvalue weighted by Gasteiger charge is 2.19. The van der Waals surface area contributed by atoms with Gasteiger partial charge in [-0.15, -0.1) is 11.3 Å². The van der Waals surface area contributed by atoms with Crippen LogP contribution in [0.3, 0.4) is 0 Å². The lowest BCUT2D eigenvalue weighted by Crippen LogP contribution is -2.46. The number of hydrogen-bond donors (Lipinski definition) is 1. The number of hydrogen-bond acceptors (Lipinski definition) is 5. The van der Waals surface area contributed by atoms with Crippen LogP contribution in [0.4, 0.5) is 11.5 Å². The number of thiophene rings is 1. The van der Waals surface area contributed by atoms with Crippen molar-refractivity contribution < 1.29 is 0 Å². The van der Waals surface area contributed by atoms with Crippen LogP contribution in [0.25, 0.3) is 0 Å². The van der Waals surface area contributed by atoms with Gasteiger partial charge in [0, 0.05) is 43.8 Å². The second kappa shape index (κ2) is 6.11. The smallest absolute Gasteiger partial charge is 0.151 e. The zero-order chi connectivity index (χ0) is 13.9. The molecule has 0 saturated carbocycles. The van der Waals surface area contributed by atoms with Crippen LogP contribution in [-0.4, -0.2) is 36.1 Å². The van der Waals surface area contributed by atoms with Gasteiger partial charge in [0.25, 0.3) is 0 Å². The quantitative estimate of drug-likeness (QED) is 0.922. The summed E-state index contributed by atoms with van der Waals surface area (Å²) < 4.78 is 1.20. The fourth-order valence-electron chi connectivity index (χ4n) is 2.45. The van der Waals surface area contributed by atoms with Gasteiger partial charge in [0.15, 0.2) is 5.82 Å². The summed E-state index contributed by atoms with van der Waals surface area (Å²) in [5, 5.41) is 0. The molecule has 3 rings (SSSR count). The van der Waals surface area contributed by atoms with Gasteiger partial charge in [-0.3, -0.25) is 4.90 Å². The molecule has 1 aliphatic rings. The fraction of sp³-hybridized carbons (Fsp3) is 0.357. The van der Waals surface area contributed by atoms with Crippen LogP contribution in [0.2, 0.25) is 0 Å². The highest BCUT2D eigenvalue weighted by molar-refractivity contribution is 9.11. The average molecular weight is 353 g/mol. The number of anilines is 2. The van der Waals surface area contributed by atoms with Crippen LogP contribution in [0.5, 0.6) is 0 Å². The summed E-state index contributed by atoms with van der Waals surface area (Å²) in [6, 6.07) is 8.10. The lowest BCUT2D eigenvalue weighted by molar-refractivity contribution is 0.251. The Labute approximate surface area is 131 Å². The van der Waals surface area contributed by atoms with E-state index in [0.29, 0.717) is 0 Å². The maximum Gasteiger partial charge on any atom is 0.151 e. The molecule has 0 aliphatic carbocycles. The van der Waals surface area contributed by atoms with Crippen LogP contribution in [0, 0.1) is 0 Å². The zero-order valence-corrected chi connectivity index (χ0v) is 13.5. The van der Waals surface area contributed by atoms with E-state index in [1.807, 2.05) is 23.5 Å². The van der Waals surface area contributed by atoms with Gasteiger partial charge in [-0.2, -0.15) is 0 Å². The van der Waals surface area contributed by atoms with Crippen LogP contribution in [0.15, 0.2) is 34.2 Å². The van der Waals surface area contributed by atoms with Crippen LogP contribution in [-0.2, 0) is 6.54 Å². The van der Waals surface area contributed by atoms with Crippen LogP contribution in [0.1, 0.15) is 4.88 Å². The minimum absolute atomic E-state index is 0.767. The third-order valence-corrected chi connectivity index (χ3v) is 5.11. The van der Waals surface area contributed by atoms with Gasteiger partial charge in [0.05, 0.1) is 9.47 Å². The average Bonchev–Trinajstić information content (AvgIpc) is 2.86. The maximum absolute atomic E-state index is 5.99. The monoisotopic (exact) mass is 352 g/mol. The van der Waals surface area contributed by atoms with E-state index in [1.165, 1.54) is 8.66 Å². The molecule has 2 N–H and O–H groups in total. The lowest BCUT2D eigenvalue weighted by atomic mass is 10.2. The summed E-state index contributed by atoms with van der Waals surface area (Å²) in [6.07, 6.45) is 1.81. The molecule has 3 heterocycles. The number of nitrogens with zero attached hydrogens (tertiary/aromatic N) is 3. The van der Waals surface area contributed by atoms with Crippen molar-refractivity contribution in [3.63, 3.8) is 0 Å². The first kappa shape index (κ1) is 13.9. The van der Waals surface area contributed by atoms with Gasteiger partial charge in [0.2, 0.25) is 0 Å². The van der Waals surface area contributed by atoms with Crippen molar-refractivity contribution >= 4 is 38.8 Å². The highest BCUT2D eigenvalue weighted by Crippen LogP contribution is 2.25. The summed E-state index contributed by atoms with van der Waals surface area (Å²) in [4.78, 5) is 10.6. The molecular formula is C14H17BrN4S. The van der Waals surface area contributed by atoms with Crippen molar-refractivity contribution in [2.45, 2.75) is 6.54 Å². The lowest BCUT2D eigenvalue weighted by Gasteiger charge is -2.35. The van der Waals surface area contributed by atoms with Gasteiger partial charge < -0.3 is 10.6 Å². The Morgan fingerprint density at radius 1 is 1.20 bits per heavy atom. The second-order valence-corrected chi connectivity index (χ2v) is 7.43. The van der Waals surface area contributed by atoms with Gasteiger partial charge in [0.1, 0.15) is 0 Å². The predicted molar refractivity (Wildman–Crippen MR) is 88.2 cm³/mol. The summed E-state index contributed by atoms with van der Waals surface area (Å²) in [7, 11) is 0. The summed E-state index contributed by atoms with van der Waals surface area (Å²) in [6.45, 7) is 5.08. The van der Waals surface area contributed by atoms with E-state index < -0.39 is 0 Å². The Kier molecular flexibility index (Phi) is 4.24. The third-order valence-electron chi connectivity index (χ3n) is 3.50. The Bertz CT molecular complexity index is 578. The summed E-state index contributed by atoms with van der Waals surface area (Å²) in [5.41, 5.74) is 6.76.